The first-order valence-corrected chi connectivity index (χ1v) is 12.1. The van der Waals surface area contributed by atoms with Crippen LogP contribution in [0, 0.1) is 5.82 Å². The summed E-state index contributed by atoms with van der Waals surface area (Å²) in [4.78, 5) is 12.8. The first kappa shape index (κ1) is 22.4. The number of benzene rings is 2. The molecular formula is C23H29FN2O3S. The molecule has 2 N–H and O–H groups in total. The Morgan fingerprint density at radius 3 is 2.27 bits per heavy atom. The molecule has 1 aliphatic rings. The molecule has 1 saturated carbocycles. The highest BCUT2D eigenvalue weighted by Gasteiger charge is 2.24. The highest BCUT2D eigenvalue weighted by atomic mass is 32.2. The molecule has 2 aromatic rings. The van der Waals surface area contributed by atoms with Crippen LogP contribution in [-0.4, -0.2) is 20.4 Å². The summed E-state index contributed by atoms with van der Waals surface area (Å²) in [6.45, 7) is 3.96. The fraction of sp³-hybridized carbons (Fsp3) is 0.435. The lowest BCUT2D eigenvalue weighted by molar-refractivity contribution is 0.102. The standard InChI is InChI=1S/C23H29FN2O3S/c1-3-16-9-8-10-17(4-2)22(16)25-23(27)20-15-19(13-14-21(20)24)30(28,29)26-18-11-6-5-7-12-18/h8-10,13-15,18,26H,3-7,11-12H2,1-2H3,(H,25,27). The predicted molar refractivity (Wildman–Crippen MR) is 117 cm³/mol. The third-order valence-electron chi connectivity index (χ3n) is 5.66. The van der Waals surface area contributed by atoms with Crippen LogP contribution >= 0.6 is 0 Å². The summed E-state index contributed by atoms with van der Waals surface area (Å²) in [6.07, 6.45) is 6.10. The van der Waals surface area contributed by atoms with Crippen LogP contribution in [0.3, 0.4) is 0 Å². The summed E-state index contributed by atoms with van der Waals surface area (Å²) < 4.78 is 42.7. The molecule has 2 aromatic carbocycles. The summed E-state index contributed by atoms with van der Waals surface area (Å²) in [5.41, 5.74) is 2.28. The number of hydrogen-bond donors (Lipinski definition) is 2. The molecule has 0 heterocycles. The average Bonchev–Trinajstić information content (AvgIpc) is 2.74. The number of carbonyl (C=O) groups excluding carboxylic acids is 1. The molecule has 1 fully saturated rings. The van der Waals surface area contributed by atoms with Crippen molar-refractivity contribution >= 4 is 21.6 Å². The van der Waals surface area contributed by atoms with Gasteiger partial charge < -0.3 is 5.32 Å². The minimum atomic E-state index is -3.83. The maximum Gasteiger partial charge on any atom is 0.258 e. The third-order valence-corrected chi connectivity index (χ3v) is 7.18. The van der Waals surface area contributed by atoms with E-state index in [4.69, 9.17) is 0 Å². The van der Waals surface area contributed by atoms with Crippen LogP contribution in [-0.2, 0) is 22.9 Å². The number of halogens is 1. The first-order chi connectivity index (χ1) is 14.4. The van der Waals surface area contributed by atoms with Gasteiger partial charge in [0.2, 0.25) is 10.0 Å². The van der Waals surface area contributed by atoms with E-state index in [1.54, 1.807) is 0 Å². The topological polar surface area (TPSA) is 75.3 Å². The Balaban J connectivity index is 1.87. The number of aryl methyl sites for hydroxylation is 2. The second kappa shape index (κ2) is 9.71. The van der Waals surface area contributed by atoms with Crippen molar-refractivity contribution < 1.29 is 17.6 Å². The van der Waals surface area contributed by atoms with Crippen molar-refractivity contribution in [2.75, 3.05) is 5.32 Å². The van der Waals surface area contributed by atoms with Gasteiger partial charge in [-0.15, -0.1) is 0 Å². The molecule has 30 heavy (non-hydrogen) atoms. The van der Waals surface area contributed by atoms with Gasteiger partial charge in [0.05, 0.1) is 10.5 Å². The van der Waals surface area contributed by atoms with Crippen molar-refractivity contribution in [1.29, 1.82) is 0 Å². The number of carbonyl (C=O) groups is 1. The summed E-state index contributed by atoms with van der Waals surface area (Å²) in [5, 5.41) is 2.80. The molecule has 0 radical (unpaired) electrons. The summed E-state index contributed by atoms with van der Waals surface area (Å²) in [7, 11) is -3.83. The molecule has 0 unspecified atom stereocenters. The number of sulfonamides is 1. The molecule has 1 aliphatic carbocycles. The van der Waals surface area contributed by atoms with Gasteiger partial charge in [-0.2, -0.15) is 0 Å². The number of anilines is 1. The van der Waals surface area contributed by atoms with Gasteiger partial charge in [-0.1, -0.05) is 51.3 Å². The Labute approximate surface area is 178 Å². The fourth-order valence-corrected chi connectivity index (χ4v) is 5.27. The van der Waals surface area contributed by atoms with Crippen LogP contribution in [0.1, 0.15) is 67.4 Å². The zero-order valence-electron chi connectivity index (χ0n) is 17.5. The van der Waals surface area contributed by atoms with E-state index in [0.717, 1.165) is 55.4 Å². The number of para-hydroxylation sites is 1. The van der Waals surface area contributed by atoms with E-state index >= 15 is 0 Å². The number of hydrogen-bond acceptors (Lipinski definition) is 3. The number of amides is 1. The van der Waals surface area contributed by atoms with E-state index in [1.807, 2.05) is 32.0 Å². The molecule has 0 spiro atoms. The van der Waals surface area contributed by atoms with Crippen molar-refractivity contribution in [2.45, 2.75) is 69.7 Å². The van der Waals surface area contributed by atoms with Gasteiger partial charge in [0.1, 0.15) is 5.82 Å². The lowest BCUT2D eigenvalue weighted by atomic mass is 9.96. The zero-order valence-corrected chi connectivity index (χ0v) is 18.3. The Bertz CT molecular complexity index is 993. The highest BCUT2D eigenvalue weighted by Crippen LogP contribution is 2.25. The van der Waals surface area contributed by atoms with Crippen LogP contribution in [0.25, 0.3) is 0 Å². The minimum absolute atomic E-state index is 0.0980. The molecule has 0 bridgehead atoms. The Kier molecular flexibility index (Phi) is 7.26. The Morgan fingerprint density at radius 2 is 1.67 bits per heavy atom. The molecule has 1 amide bonds. The van der Waals surface area contributed by atoms with Crippen molar-refractivity contribution in [1.82, 2.24) is 4.72 Å². The molecule has 0 saturated heterocycles. The van der Waals surface area contributed by atoms with Crippen LogP contribution < -0.4 is 10.0 Å². The van der Waals surface area contributed by atoms with Gasteiger partial charge in [-0.3, -0.25) is 4.79 Å². The fourth-order valence-electron chi connectivity index (χ4n) is 3.94. The largest absolute Gasteiger partial charge is 0.321 e. The normalized spacial score (nSPS) is 15.2. The minimum Gasteiger partial charge on any atom is -0.321 e. The number of rotatable bonds is 7. The van der Waals surface area contributed by atoms with Crippen LogP contribution in [0.15, 0.2) is 41.3 Å². The smallest absolute Gasteiger partial charge is 0.258 e. The molecule has 5 nitrogen and oxygen atoms in total. The Morgan fingerprint density at radius 1 is 1.03 bits per heavy atom. The Hall–Kier alpha value is -2.25. The van der Waals surface area contributed by atoms with Crippen molar-refractivity contribution in [3.63, 3.8) is 0 Å². The van der Waals surface area contributed by atoms with Gasteiger partial charge in [0, 0.05) is 11.7 Å². The maximum absolute atomic E-state index is 14.5. The van der Waals surface area contributed by atoms with Crippen LogP contribution in [0.2, 0.25) is 0 Å². The molecule has 3 rings (SSSR count). The van der Waals surface area contributed by atoms with Crippen LogP contribution in [0.4, 0.5) is 10.1 Å². The zero-order chi connectivity index (χ0) is 21.7. The maximum atomic E-state index is 14.5. The SMILES string of the molecule is CCc1cccc(CC)c1NC(=O)c1cc(S(=O)(=O)NC2CCCCC2)ccc1F. The molecule has 0 aromatic heterocycles. The van der Waals surface area contributed by atoms with Gasteiger partial charge in [0.15, 0.2) is 0 Å². The summed E-state index contributed by atoms with van der Waals surface area (Å²) >= 11 is 0. The van der Waals surface area contributed by atoms with E-state index in [-0.39, 0.29) is 16.5 Å². The van der Waals surface area contributed by atoms with Crippen molar-refractivity contribution in [3.05, 3.63) is 58.9 Å². The van der Waals surface area contributed by atoms with E-state index in [1.165, 1.54) is 6.07 Å². The molecule has 7 heteroatoms. The van der Waals surface area contributed by atoms with Crippen LogP contribution in [0.5, 0.6) is 0 Å². The predicted octanol–water partition coefficient (Wildman–Crippen LogP) is 4.81. The van der Waals surface area contributed by atoms with Crippen molar-refractivity contribution in [2.24, 2.45) is 0 Å². The van der Waals surface area contributed by atoms with Crippen molar-refractivity contribution in [3.8, 4) is 0 Å². The molecule has 0 aliphatic heterocycles. The lowest BCUT2D eigenvalue weighted by Gasteiger charge is -2.22. The third kappa shape index (κ3) is 5.08. The van der Waals surface area contributed by atoms with E-state index in [9.17, 15) is 17.6 Å². The van der Waals surface area contributed by atoms with E-state index in [0.29, 0.717) is 18.5 Å². The van der Waals surface area contributed by atoms with E-state index < -0.39 is 21.7 Å². The van der Waals surface area contributed by atoms with Gasteiger partial charge >= 0.3 is 0 Å². The molecular weight excluding hydrogens is 403 g/mol. The molecule has 0 atom stereocenters. The lowest BCUT2D eigenvalue weighted by Crippen LogP contribution is -2.36. The van der Waals surface area contributed by atoms with Gasteiger partial charge in [-0.05, 0) is 55.0 Å². The second-order valence-electron chi connectivity index (χ2n) is 7.71. The average molecular weight is 433 g/mol. The van der Waals surface area contributed by atoms with Gasteiger partial charge in [-0.25, -0.2) is 17.5 Å². The van der Waals surface area contributed by atoms with Gasteiger partial charge in [0.25, 0.3) is 5.91 Å². The first-order valence-electron chi connectivity index (χ1n) is 10.6. The molecule has 162 valence electrons. The summed E-state index contributed by atoms with van der Waals surface area (Å²) in [6, 6.07) is 9.01. The number of nitrogens with one attached hydrogen (secondary N) is 2. The quantitative estimate of drug-likeness (QED) is 0.659. The van der Waals surface area contributed by atoms with E-state index in [2.05, 4.69) is 10.0 Å². The monoisotopic (exact) mass is 432 g/mol. The summed E-state index contributed by atoms with van der Waals surface area (Å²) in [5.74, 6) is -1.41. The second-order valence-corrected chi connectivity index (χ2v) is 9.42. The highest BCUT2D eigenvalue weighted by molar-refractivity contribution is 7.89.